The highest BCUT2D eigenvalue weighted by Crippen LogP contribution is 2.37. The van der Waals surface area contributed by atoms with Crippen molar-refractivity contribution in [1.29, 1.82) is 0 Å². The van der Waals surface area contributed by atoms with Crippen molar-refractivity contribution in [2.24, 2.45) is 0 Å². The molecule has 3 heterocycles. The second-order valence-corrected chi connectivity index (χ2v) is 6.98. The van der Waals surface area contributed by atoms with E-state index >= 15 is 0 Å². The minimum Gasteiger partial charge on any atom is -0.445 e. The van der Waals surface area contributed by atoms with Crippen molar-refractivity contribution in [1.82, 2.24) is 4.90 Å². The second kappa shape index (κ2) is 7.58. The molecule has 0 saturated carbocycles. The lowest BCUT2D eigenvalue weighted by Gasteiger charge is -2.33. The van der Waals surface area contributed by atoms with Gasteiger partial charge in [0.15, 0.2) is 6.29 Å². The van der Waals surface area contributed by atoms with Crippen LogP contribution in [0.5, 0.6) is 0 Å². The van der Waals surface area contributed by atoms with Crippen molar-refractivity contribution in [3.8, 4) is 0 Å². The monoisotopic (exact) mass is 343 g/mol. The van der Waals surface area contributed by atoms with Crippen molar-refractivity contribution in [2.45, 2.75) is 57.1 Å². The number of hydrogen-bond acceptors (Lipinski definition) is 4. The Labute approximate surface area is 148 Å². The summed E-state index contributed by atoms with van der Waals surface area (Å²) in [4.78, 5) is 14.5. The third-order valence-corrected chi connectivity index (χ3v) is 5.28. The smallest absolute Gasteiger partial charge is 0.410 e. The first-order valence-electron chi connectivity index (χ1n) is 9.21. The molecule has 1 aromatic carbocycles. The van der Waals surface area contributed by atoms with Crippen LogP contribution in [0.3, 0.4) is 0 Å². The van der Waals surface area contributed by atoms with Crippen LogP contribution in [0.2, 0.25) is 0 Å². The predicted molar refractivity (Wildman–Crippen MR) is 92.9 cm³/mol. The van der Waals surface area contributed by atoms with E-state index in [4.69, 9.17) is 14.2 Å². The summed E-state index contributed by atoms with van der Waals surface area (Å²) < 4.78 is 16.6. The van der Waals surface area contributed by atoms with Gasteiger partial charge in [0.25, 0.3) is 0 Å². The first-order valence-corrected chi connectivity index (χ1v) is 9.21. The summed E-state index contributed by atoms with van der Waals surface area (Å²) in [6, 6.07) is 10.3. The lowest BCUT2D eigenvalue weighted by Crippen LogP contribution is -2.43. The van der Waals surface area contributed by atoms with Gasteiger partial charge in [-0.3, -0.25) is 4.90 Å². The predicted octanol–water partition coefficient (Wildman–Crippen LogP) is 3.64. The van der Waals surface area contributed by atoms with Gasteiger partial charge in [-0.2, -0.15) is 0 Å². The number of carbonyl (C=O) groups excluding carboxylic acids is 1. The summed E-state index contributed by atoms with van der Waals surface area (Å²) in [7, 11) is 0. The second-order valence-electron chi connectivity index (χ2n) is 6.98. The van der Waals surface area contributed by atoms with Gasteiger partial charge in [0.1, 0.15) is 6.61 Å². The van der Waals surface area contributed by atoms with E-state index in [-0.39, 0.29) is 24.5 Å². The number of fused-ring (bicyclic) bond motifs is 2. The Hall–Kier alpha value is -1.85. The molecule has 0 radical (unpaired) electrons. The Balaban J connectivity index is 1.32. The Bertz CT molecular complexity index is 624. The molecule has 3 aliphatic heterocycles. The fourth-order valence-electron chi connectivity index (χ4n) is 4.06. The SMILES string of the molecule is O=C(OCc1ccccc1)N1C2C=C(CCC3OCCO3)CC1CC2. The van der Waals surface area contributed by atoms with Gasteiger partial charge in [0.05, 0.1) is 19.3 Å². The van der Waals surface area contributed by atoms with Gasteiger partial charge in [0, 0.05) is 12.5 Å². The van der Waals surface area contributed by atoms with Crippen LogP contribution in [-0.4, -0.2) is 42.6 Å². The fraction of sp³-hybridized carbons (Fsp3) is 0.550. The molecule has 25 heavy (non-hydrogen) atoms. The van der Waals surface area contributed by atoms with E-state index in [2.05, 4.69) is 6.08 Å². The van der Waals surface area contributed by atoms with Crippen LogP contribution in [0.4, 0.5) is 4.79 Å². The highest BCUT2D eigenvalue weighted by atomic mass is 16.7. The van der Waals surface area contributed by atoms with Gasteiger partial charge >= 0.3 is 6.09 Å². The van der Waals surface area contributed by atoms with Crippen LogP contribution in [0, 0.1) is 0 Å². The normalized spacial score (nSPS) is 25.9. The maximum Gasteiger partial charge on any atom is 0.410 e. The van der Waals surface area contributed by atoms with Gasteiger partial charge in [0.2, 0.25) is 0 Å². The van der Waals surface area contributed by atoms with Crippen LogP contribution >= 0.6 is 0 Å². The molecule has 2 unspecified atom stereocenters. The summed E-state index contributed by atoms with van der Waals surface area (Å²) in [5.74, 6) is 0. The first-order chi connectivity index (χ1) is 12.3. The van der Waals surface area contributed by atoms with E-state index in [0.29, 0.717) is 19.8 Å². The third-order valence-electron chi connectivity index (χ3n) is 5.28. The zero-order valence-electron chi connectivity index (χ0n) is 14.4. The van der Waals surface area contributed by atoms with Gasteiger partial charge < -0.3 is 14.2 Å². The summed E-state index contributed by atoms with van der Waals surface area (Å²) in [5, 5.41) is 0. The largest absolute Gasteiger partial charge is 0.445 e. The Morgan fingerprint density at radius 1 is 1.16 bits per heavy atom. The molecule has 0 spiro atoms. The molecule has 3 aliphatic rings. The van der Waals surface area contributed by atoms with Crippen molar-refractivity contribution in [3.05, 3.63) is 47.5 Å². The van der Waals surface area contributed by atoms with Crippen molar-refractivity contribution >= 4 is 6.09 Å². The zero-order chi connectivity index (χ0) is 17.1. The van der Waals surface area contributed by atoms with E-state index in [9.17, 15) is 4.79 Å². The molecule has 2 fully saturated rings. The number of nitrogens with zero attached hydrogens (tertiary/aromatic N) is 1. The quantitative estimate of drug-likeness (QED) is 0.766. The molecule has 5 heteroatoms. The minimum absolute atomic E-state index is 0.0487. The van der Waals surface area contributed by atoms with E-state index in [1.54, 1.807) is 0 Å². The maximum atomic E-state index is 12.5. The summed E-state index contributed by atoms with van der Waals surface area (Å²) >= 11 is 0. The molecular formula is C20H25NO4. The number of benzene rings is 1. The van der Waals surface area contributed by atoms with Crippen LogP contribution in [0.25, 0.3) is 0 Å². The van der Waals surface area contributed by atoms with Gasteiger partial charge in [-0.05, 0) is 31.2 Å². The van der Waals surface area contributed by atoms with E-state index in [0.717, 1.165) is 37.7 Å². The molecule has 4 rings (SSSR count). The highest BCUT2D eigenvalue weighted by molar-refractivity contribution is 5.70. The molecule has 1 amide bonds. The number of rotatable bonds is 5. The standard InChI is InChI=1S/C20H25NO4/c22-20(25-14-15-4-2-1-3-5-15)21-17-7-8-18(21)13-16(12-17)6-9-19-23-10-11-24-19/h1-5,12,17-19H,6-11,13-14H2. The summed E-state index contributed by atoms with van der Waals surface area (Å²) in [6.07, 6.45) is 6.97. The number of amides is 1. The van der Waals surface area contributed by atoms with Crippen LogP contribution in [-0.2, 0) is 20.8 Å². The molecule has 0 N–H and O–H groups in total. The van der Waals surface area contributed by atoms with Gasteiger partial charge in [-0.1, -0.05) is 42.0 Å². The molecule has 134 valence electrons. The first kappa shape index (κ1) is 16.6. The molecule has 2 saturated heterocycles. The molecule has 1 aromatic rings. The topological polar surface area (TPSA) is 48.0 Å². The minimum atomic E-state index is -0.186. The fourth-order valence-corrected chi connectivity index (χ4v) is 4.06. The summed E-state index contributed by atoms with van der Waals surface area (Å²) in [6.45, 7) is 1.74. The Morgan fingerprint density at radius 2 is 1.96 bits per heavy atom. The van der Waals surface area contributed by atoms with Crippen molar-refractivity contribution in [2.75, 3.05) is 13.2 Å². The van der Waals surface area contributed by atoms with Gasteiger partial charge in [-0.25, -0.2) is 4.79 Å². The number of carbonyl (C=O) groups is 1. The molecule has 0 aromatic heterocycles. The molecule has 2 bridgehead atoms. The lowest BCUT2D eigenvalue weighted by molar-refractivity contribution is -0.0464. The maximum absolute atomic E-state index is 12.5. The average Bonchev–Trinajstić information content (AvgIpc) is 3.25. The van der Waals surface area contributed by atoms with Crippen molar-refractivity contribution < 1.29 is 19.0 Å². The van der Waals surface area contributed by atoms with Crippen LogP contribution in [0.1, 0.15) is 37.7 Å². The molecule has 5 nitrogen and oxygen atoms in total. The van der Waals surface area contributed by atoms with E-state index in [1.165, 1.54) is 5.57 Å². The summed E-state index contributed by atoms with van der Waals surface area (Å²) in [5.41, 5.74) is 2.45. The lowest BCUT2D eigenvalue weighted by atomic mass is 9.97. The van der Waals surface area contributed by atoms with Crippen molar-refractivity contribution in [3.63, 3.8) is 0 Å². The van der Waals surface area contributed by atoms with E-state index in [1.807, 2.05) is 35.2 Å². The van der Waals surface area contributed by atoms with Gasteiger partial charge in [-0.15, -0.1) is 0 Å². The molecular weight excluding hydrogens is 318 g/mol. The highest BCUT2D eigenvalue weighted by Gasteiger charge is 2.40. The number of ether oxygens (including phenoxy) is 3. The van der Waals surface area contributed by atoms with E-state index < -0.39 is 0 Å². The van der Waals surface area contributed by atoms with Crippen LogP contribution < -0.4 is 0 Å². The Kier molecular flexibility index (Phi) is 5.04. The number of hydrogen-bond donors (Lipinski definition) is 0. The molecule has 2 atom stereocenters. The molecule has 0 aliphatic carbocycles. The average molecular weight is 343 g/mol. The Morgan fingerprint density at radius 3 is 2.72 bits per heavy atom. The van der Waals surface area contributed by atoms with Crippen LogP contribution in [0.15, 0.2) is 42.0 Å². The third kappa shape index (κ3) is 3.88. The zero-order valence-corrected chi connectivity index (χ0v) is 14.4.